The van der Waals surface area contributed by atoms with Gasteiger partial charge in [-0.15, -0.1) is 0 Å². The summed E-state index contributed by atoms with van der Waals surface area (Å²) in [5.41, 5.74) is 0. The van der Waals surface area contributed by atoms with Crippen molar-refractivity contribution in [2.75, 3.05) is 5.75 Å². The molecule has 2 N–H and O–H groups in total. The SMILES string of the molecule is O=C(O)C1CCC(NC(=O)C2CCCCS2(=O)=O)C1. The minimum absolute atomic E-state index is 0.0769. The highest BCUT2D eigenvalue weighted by molar-refractivity contribution is 7.92. The molecule has 1 aliphatic carbocycles. The number of rotatable bonds is 3. The molecule has 1 heterocycles. The van der Waals surface area contributed by atoms with Crippen LogP contribution in [0.1, 0.15) is 38.5 Å². The monoisotopic (exact) mass is 289 g/mol. The Morgan fingerprint density at radius 2 is 1.84 bits per heavy atom. The molecule has 3 atom stereocenters. The van der Waals surface area contributed by atoms with Gasteiger partial charge in [0, 0.05) is 6.04 Å². The van der Waals surface area contributed by atoms with E-state index in [0.29, 0.717) is 32.1 Å². The van der Waals surface area contributed by atoms with E-state index in [0.717, 1.165) is 6.42 Å². The van der Waals surface area contributed by atoms with Gasteiger partial charge in [0.15, 0.2) is 9.84 Å². The normalized spacial score (nSPS) is 33.8. The molecule has 1 amide bonds. The third-order valence-corrected chi connectivity index (χ3v) is 6.17. The van der Waals surface area contributed by atoms with Crippen molar-refractivity contribution in [3.63, 3.8) is 0 Å². The van der Waals surface area contributed by atoms with Crippen LogP contribution in [-0.2, 0) is 19.4 Å². The second kappa shape index (κ2) is 5.48. The average molecular weight is 289 g/mol. The van der Waals surface area contributed by atoms with E-state index in [1.54, 1.807) is 0 Å². The quantitative estimate of drug-likeness (QED) is 0.779. The van der Waals surface area contributed by atoms with Gasteiger partial charge in [0.25, 0.3) is 0 Å². The minimum atomic E-state index is -3.32. The van der Waals surface area contributed by atoms with Gasteiger partial charge in [0.2, 0.25) is 5.91 Å². The summed E-state index contributed by atoms with van der Waals surface area (Å²) in [6, 6.07) is -0.203. The van der Waals surface area contributed by atoms with Crippen LogP contribution >= 0.6 is 0 Å². The summed E-state index contributed by atoms with van der Waals surface area (Å²) in [7, 11) is -3.32. The maximum Gasteiger partial charge on any atom is 0.306 e. The first-order chi connectivity index (χ1) is 8.90. The Hall–Kier alpha value is -1.11. The topological polar surface area (TPSA) is 101 Å². The summed E-state index contributed by atoms with van der Waals surface area (Å²) in [5, 5.41) is 10.7. The van der Waals surface area contributed by atoms with Crippen LogP contribution in [-0.4, -0.2) is 42.4 Å². The molecule has 0 radical (unpaired) electrons. The van der Waals surface area contributed by atoms with E-state index in [4.69, 9.17) is 5.11 Å². The summed E-state index contributed by atoms with van der Waals surface area (Å²) in [6.45, 7) is 0. The number of hydrogen-bond donors (Lipinski definition) is 2. The highest BCUT2D eigenvalue weighted by Gasteiger charge is 2.37. The Balaban J connectivity index is 1.93. The van der Waals surface area contributed by atoms with Gasteiger partial charge in [-0.25, -0.2) is 8.42 Å². The van der Waals surface area contributed by atoms with Crippen LogP contribution < -0.4 is 5.32 Å². The fraction of sp³-hybridized carbons (Fsp3) is 0.833. The van der Waals surface area contributed by atoms with Crippen LogP contribution in [0.15, 0.2) is 0 Å². The van der Waals surface area contributed by atoms with Crippen LogP contribution in [0.4, 0.5) is 0 Å². The molecule has 0 spiro atoms. The lowest BCUT2D eigenvalue weighted by Crippen LogP contribution is -2.46. The average Bonchev–Trinajstić information content (AvgIpc) is 2.76. The van der Waals surface area contributed by atoms with Crippen molar-refractivity contribution in [3.05, 3.63) is 0 Å². The zero-order chi connectivity index (χ0) is 14.0. The highest BCUT2D eigenvalue weighted by atomic mass is 32.2. The van der Waals surface area contributed by atoms with Crippen molar-refractivity contribution in [1.82, 2.24) is 5.32 Å². The van der Waals surface area contributed by atoms with Crippen molar-refractivity contribution < 1.29 is 23.1 Å². The summed E-state index contributed by atoms with van der Waals surface area (Å²) in [6.07, 6.45) is 3.29. The van der Waals surface area contributed by atoms with Gasteiger partial charge >= 0.3 is 5.97 Å². The molecular weight excluding hydrogens is 270 g/mol. The minimum Gasteiger partial charge on any atom is -0.481 e. The molecule has 7 heteroatoms. The fourth-order valence-electron chi connectivity index (χ4n) is 2.88. The first-order valence-corrected chi connectivity index (χ1v) is 8.36. The van der Waals surface area contributed by atoms with E-state index < -0.39 is 32.9 Å². The van der Waals surface area contributed by atoms with E-state index in [9.17, 15) is 18.0 Å². The van der Waals surface area contributed by atoms with Gasteiger partial charge in [-0.2, -0.15) is 0 Å². The molecule has 1 aliphatic heterocycles. The number of nitrogens with one attached hydrogen (secondary N) is 1. The van der Waals surface area contributed by atoms with E-state index in [1.807, 2.05) is 0 Å². The van der Waals surface area contributed by atoms with Crippen LogP contribution in [0.3, 0.4) is 0 Å². The predicted molar refractivity (Wildman–Crippen MR) is 68.3 cm³/mol. The van der Waals surface area contributed by atoms with Crippen molar-refractivity contribution in [2.45, 2.75) is 49.8 Å². The summed E-state index contributed by atoms with van der Waals surface area (Å²) < 4.78 is 23.6. The van der Waals surface area contributed by atoms with Gasteiger partial charge in [-0.05, 0) is 32.1 Å². The van der Waals surface area contributed by atoms with Gasteiger partial charge in [-0.3, -0.25) is 9.59 Å². The number of carboxylic acid groups (broad SMARTS) is 1. The van der Waals surface area contributed by atoms with Crippen molar-refractivity contribution in [2.24, 2.45) is 5.92 Å². The number of carbonyl (C=O) groups excluding carboxylic acids is 1. The van der Waals surface area contributed by atoms with Gasteiger partial charge in [0.05, 0.1) is 11.7 Å². The summed E-state index contributed by atoms with van der Waals surface area (Å²) >= 11 is 0. The second-order valence-electron chi connectivity index (χ2n) is 5.41. The Morgan fingerprint density at radius 3 is 2.42 bits per heavy atom. The smallest absolute Gasteiger partial charge is 0.306 e. The largest absolute Gasteiger partial charge is 0.481 e. The molecular formula is C12H19NO5S. The van der Waals surface area contributed by atoms with E-state index in [1.165, 1.54) is 0 Å². The number of amides is 1. The third-order valence-electron chi connectivity index (χ3n) is 4.00. The van der Waals surface area contributed by atoms with Crippen LogP contribution in [0, 0.1) is 5.92 Å². The lowest BCUT2D eigenvalue weighted by atomic mass is 10.1. The molecule has 0 bridgehead atoms. The zero-order valence-corrected chi connectivity index (χ0v) is 11.5. The second-order valence-corrected chi connectivity index (χ2v) is 7.71. The summed E-state index contributed by atoms with van der Waals surface area (Å²) in [4.78, 5) is 22.8. The molecule has 3 unspecified atom stereocenters. The number of hydrogen-bond acceptors (Lipinski definition) is 4. The number of carbonyl (C=O) groups is 2. The predicted octanol–water partition coefficient (Wildman–Crippen LogP) is 0.323. The molecule has 0 aromatic rings. The van der Waals surface area contributed by atoms with Crippen molar-refractivity contribution in [3.8, 4) is 0 Å². The molecule has 1 saturated heterocycles. The summed E-state index contributed by atoms with van der Waals surface area (Å²) in [5.74, 6) is -1.64. The molecule has 0 aromatic carbocycles. The Bertz CT molecular complexity index is 473. The maximum atomic E-state index is 12.0. The van der Waals surface area contributed by atoms with E-state index >= 15 is 0 Å². The van der Waals surface area contributed by atoms with Crippen molar-refractivity contribution in [1.29, 1.82) is 0 Å². The standard InChI is InChI=1S/C12H19NO5S/c14-11(10-3-1-2-6-19(10,17)18)13-9-5-4-8(7-9)12(15)16/h8-10H,1-7H2,(H,13,14)(H,15,16). The van der Waals surface area contributed by atoms with Gasteiger partial charge < -0.3 is 10.4 Å². The Morgan fingerprint density at radius 1 is 1.11 bits per heavy atom. The third kappa shape index (κ3) is 3.26. The van der Waals surface area contributed by atoms with Crippen LogP contribution in [0.25, 0.3) is 0 Å². The maximum absolute atomic E-state index is 12.0. The van der Waals surface area contributed by atoms with Gasteiger partial charge in [0.1, 0.15) is 5.25 Å². The van der Waals surface area contributed by atoms with E-state index in [-0.39, 0.29) is 11.8 Å². The van der Waals surface area contributed by atoms with Gasteiger partial charge in [-0.1, -0.05) is 6.42 Å². The zero-order valence-electron chi connectivity index (χ0n) is 10.7. The number of sulfone groups is 1. The fourth-order valence-corrected chi connectivity index (χ4v) is 4.69. The molecule has 1 saturated carbocycles. The van der Waals surface area contributed by atoms with Crippen LogP contribution in [0.2, 0.25) is 0 Å². The lowest BCUT2D eigenvalue weighted by Gasteiger charge is -2.23. The first-order valence-electron chi connectivity index (χ1n) is 6.65. The molecule has 108 valence electrons. The number of aliphatic carboxylic acids is 1. The lowest BCUT2D eigenvalue weighted by molar-refractivity contribution is -0.141. The molecule has 19 heavy (non-hydrogen) atoms. The molecule has 0 aromatic heterocycles. The molecule has 6 nitrogen and oxygen atoms in total. The molecule has 2 aliphatic rings. The highest BCUT2D eigenvalue weighted by Crippen LogP contribution is 2.26. The first kappa shape index (κ1) is 14.3. The molecule has 2 fully saturated rings. The molecule has 2 rings (SSSR count). The Kier molecular flexibility index (Phi) is 4.13. The Labute approximate surface area is 112 Å². The van der Waals surface area contributed by atoms with E-state index in [2.05, 4.69) is 5.32 Å². The number of carboxylic acids is 1. The van der Waals surface area contributed by atoms with Crippen LogP contribution in [0.5, 0.6) is 0 Å². The van der Waals surface area contributed by atoms with Crippen molar-refractivity contribution >= 4 is 21.7 Å².